The number of anilines is 1. The van der Waals surface area contributed by atoms with Crippen molar-refractivity contribution in [2.45, 2.75) is 0 Å². The number of aromatic nitrogens is 3. The van der Waals surface area contributed by atoms with Gasteiger partial charge in [-0.2, -0.15) is 4.98 Å². The van der Waals surface area contributed by atoms with Crippen LogP contribution in [0.15, 0.2) is 42.5 Å². The Morgan fingerprint density at radius 2 is 1.74 bits per heavy atom. The van der Waals surface area contributed by atoms with Gasteiger partial charge in [0, 0.05) is 0 Å². The second-order valence-electron chi connectivity index (χ2n) is 3.84. The lowest BCUT2D eigenvalue weighted by Crippen LogP contribution is -1.99. The number of fused-ring (bicyclic) bond motifs is 1. The average Bonchev–Trinajstić information content (AvgIpc) is 2.43. The molecule has 94 valence electrons. The van der Waals surface area contributed by atoms with Gasteiger partial charge in [0.05, 0.1) is 11.2 Å². The highest BCUT2D eigenvalue weighted by Crippen LogP contribution is 2.28. The van der Waals surface area contributed by atoms with Crippen molar-refractivity contribution in [2.24, 2.45) is 0 Å². The van der Waals surface area contributed by atoms with Crippen molar-refractivity contribution in [3.05, 3.63) is 48.3 Å². The fraction of sp³-hybridized carbons (Fsp3) is 0. The highest BCUT2D eigenvalue weighted by molar-refractivity contribution is 5.73. The monoisotopic (exact) mass is 256 g/mol. The summed E-state index contributed by atoms with van der Waals surface area (Å²) >= 11 is 0. The number of nitrogen functional groups attached to an aromatic ring is 1. The molecule has 0 atom stereocenters. The molecule has 1 aromatic heterocycles. The predicted molar refractivity (Wildman–Crippen MR) is 68.2 cm³/mol. The van der Waals surface area contributed by atoms with Crippen molar-refractivity contribution in [1.82, 2.24) is 15.2 Å². The van der Waals surface area contributed by atoms with Crippen LogP contribution in [0.25, 0.3) is 11.0 Å². The Labute approximate surface area is 107 Å². The number of ether oxygens (including phenoxy) is 1. The molecular weight excluding hydrogens is 247 g/mol. The van der Waals surface area contributed by atoms with Crippen LogP contribution >= 0.6 is 0 Å². The molecule has 0 saturated heterocycles. The molecule has 0 aliphatic carbocycles. The summed E-state index contributed by atoms with van der Waals surface area (Å²) in [5.74, 6) is -0.670. The summed E-state index contributed by atoms with van der Waals surface area (Å²) in [4.78, 5) is 4.13. The zero-order valence-corrected chi connectivity index (χ0v) is 9.75. The maximum atomic E-state index is 13.6. The Bertz CT molecular complexity index is 727. The third kappa shape index (κ3) is 2.15. The van der Waals surface area contributed by atoms with Gasteiger partial charge in [0.15, 0.2) is 11.6 Å². The summed E-state index contributed by atoms with van der Waals surface area (Å²) in [6.07, 6.45) is 0. The van der Waals surface area contributed by atoms with Crippen LogP contribution in [-0.4, -0.2) is 15.2 Å². The zero-order valence-electron chi connectivity index (χ0n) is 9.75. The summed E-state index contributed by atoms with van der Waals surface area (Å²) in [6, 6.07) is 11.4. The Balaban J connectivity index is 2.01. The standard InChI is InChI=1S/C13H9FN4O/c14-8-4-3-5-9(15)12(8)19-13-16-10-6-1-2-7-11(10)17-18-13/h1-7H,15H2. The number of nitrogens with zero attached hydrogens (tertiary/aromatic N) is 3. The van der Waals surface area contributed by atoms with E-state index in [-0.39, 0.29) is 17.4 Å². The molecule has 5 nitrogen and oxygen atoms in total. The van der Waals surface area contributed by atoms with E-state index < -0.39 is 5.82 Å². The van der Waals surface area contributed by atoms with Gasteiger partial charge < -0.3 is 10.5 Å². The van der Waals surface area contributed by atoms with Gasteiger partial charge in [0.1, 0.15) is 5.52 Å². The molecule has 0 bridgehead atoms. The minimum Gasteiger partial charge on any atom is -0.418 e. The van der Waals surface area contributed by atoms with Crippen LogP contribution in [0.5, 0.6) is 11.8 Å². The molecule has 2 aromatic carbocycles. The Kier molecular flexibility index (Phi) is 2.68. The normalized spacial score (nSPS) is 10.6. The number of nitrogens with two attached hydrogens (primary N) is 1. The maximum Gasteiger partial charge on any atom is 0.342 e. The van der Waals surface area contributed by atoms with Gasteiger partial charge in [0.2, 0.25) is 0 Å². The van der Waals surface area contributed by atoms with Crippen LogP contribution in [0, 0.1) is 5.82 Å². The first-order valence-electron chi connectivity index (χ1n) is 5.55. The van der Waals surface area contributed by atoms with Gasteiger partial charge >= 0.3 is 6.01 Å². The van der Waals surface area contributed by atoms with Crippen molar-refractivity contribution in [3.63, 3.8) is 0 Å². The third-order valence-corrected chi connectivity index (χ3v) is 2.53. The largest absolute Gasteiger partial charge is 0.418 e. The molecule has 1 heterocycles. The van der Waals surface area contributed by atoms with Gasteiger partial charge in [-0.25, -0.2) is 4.39 Å². The highest BCUT2D eigenvalue weighted by atomic mass is 19.1. The first kappa shape index (κ1) is 11.3. The van der Waals surface area contributed by atoms with E-state index in [1.165, 1.54) is 18.2 Å². The lowest BCUT2D eigenvalue weighted by molar-refractivity contribution is 0.409. The summed E-state index contributed by atoms with van der Waals surface area (Å²) < 4.78 is 18.8. The summed E-state index contributed by atoms with van der Waals surface area (Å²) in [5.41, 5.74) is 7.07. The van der Waals surface area contributed by atoms with Crippen molar-refractivity contribution in [2.75, 3.05) is 5.73 Å². The molecule has 3 aromatic rings. The van der Waals surface area contributed by atoms with Crippen LogP contribution in [0.2, 0.25) is 0 Å². The molecule has 0 fully saturated rings. The van der Waals surface area contributed by atoms with E-state index in [0.717, 1.165) is 0 Å². The van der Waals surface area contributed by atoms with Crippen LogP contribution in [0.1, 0.15) is 0 Å². The minimum atomic E-state index is -0.572. The van der Waals surface area contributed by atoms with E-state index in [9.17, 15) is 4.39 Å². The van der Waals surface area contributed by atoms with Crippen LogP contribution in [-0.2, 0) is 0 Å². The number of rotatable bonds is 2. The second kappa shape index (κ2) is 4.49. The molecule has 0 aliphatic heterocycles. The third-order valence-electron chi connectivity index (χ3n) is 2.53. The van der Waals surface area contributed by atoms with E-state index in [4.69, 9.17) is 10.5 Å². The molecule has 2 N–H and O–H groups in total. The highest BCUT2D eigenvalue weighted by Gasteiger charge is 2.11. The molecule has 0 amide bonds. The smallest absolute Gasteiger partial charge is 0.342 e. The second-order valence-corrected chi connectivity index (χ2v) is 3.84. The topological polar surface area (TPSA) is 73.9 Å². The quantitative estimate of drug-likeness (QED) is 0.713. The SMILES string of the molecule is Nc1cccc(F)c1Oc1nnc2ccccc2n1. The molecule has 6 heteroatoms. The van der Waals surface area contributed by atoms with E-state index >= 15 is 0 Å². The molecule has 19 heavy (non-hydrogen) atoms. The van der Waals surface area contributed by atoms with Crippen molar-refractivity contribution in [3.8, 4) is 11.8 Å². The van der Waals surface area contributed by atoms with Gasteiger partial charge in [0.25, 0.3) is 0 Å². The first-order valence-corrected chi connectivity index (χ1v) is 5.55. The van der Waals surface area contributed by atoms with Crippen LogP contribution in [0.4, 0.5) is 10.1 Å². The number of benzene rings is 2. The molecule has 0 unspecified atom stereocenters. The van der Waals surface area contributed by atoms with Gasteiger partial charge in [-0.05, 0) is 24.3 Å². The fourth-order valence-corrected chi connectivity index (χ4v) is 1.63. The van der Waals surface area contributed by atoms with E-state index in [1.54, 1.807) is 12.1 Å². The Morgan fingerprint density at radius 3 is 2.53 bits per heavy atom. The molecule has 0 radical (unpaired) electrons. The van der Waals surface area contributed by atoms with Gasteiger partial charge in [-0.1, -0.05) is 23.3 Å². The number of para-hydroxylation sites is 2. The summed E-state index contributed by atoms with van der Waals surface area (Å²) in [7, 11) is 0. The predicted octanol–water partition coefficient (Wildman–Crippen LogP) is 2.54. The van der Waals surface area contributed by atoms with E-state index in [2.05, 4.69) is 15.2 Å². The van der Waals surface area contributed by atoms with Gasteiger partial charge in [-0.15, -0.1) is 5.10 Å². The molecule has 0 saturated carbocycles. The van der Waals surface area contributed by atoms with Gasteiger partial charge in [-0.3, -0.25) is 0 Å². The number of hydrogen-bond acceptors (Lipinski definition) is 5. The number of halogens is 1. The molecule has 0 aliphatic rings. The fourth-order valence-electron chi connectivity index (χ4n) is 1.63. The van der Waals surface area contributed by atoms with E-state index in [0.29, 0.717) is 11.0 Å². The van der Waals surface area contributed by atoms with E-state index in [1.807, 2.05) is 12.1 Å². The Hall–Kier alpha value is -2.76. The van der Waals surface area contributed by atoms with Crippen LogP contribution in [0.3, 0.4) is 0 Å². The van der Waals surface area contributed by atoms with Crippen LogP contribution < -0.4 is 10.5 Å². The first-order chi connectivity index (χ1) is 9.24. The van der Waals surface area contributed by atoms with Crippen molar-refractivity contribution < 1.29 is 9.13 Å². The molecule has 3 rings (SSSR count). The van der Waals surface area contributed by atoms with Crippen molar-refractivity contribution in [1.29, 1.82) is 0 Å². The average molecular weight is 256 g/mol. The number of hydrogen-bond donors (Lipinski definition) is 1. The minimum absolute atomic E-state index is 0.0458. The maximum absolute atomic E-state index is 13.6. The molecule has 0 spiro atoms. The van der Waals surface area contributed by atoms with Crippen molar-refractivity contribution >= 4 is 16.7 Å². The lowest BCUT2D eigenvalue weighted by Gasteiger charge is -2.07. The zero-order chi connectivity index (χ0) is 13.2. The lowest BCUT2D eigenvalue weighted by atomic mass is 10.3. The summed E-state index contributed by atoms with van der Waals surface area (Å²) in [6.45, 7) is 0. The Morgan fingerprint density at radius 1 is 0.947 bits per heavy atom. The summed E-state index contributed by atoms with van der Waals surface area (Å²) in [5, 5.41) is 7.71. The molecular formula is C13H9FN4O.